The maximum atomic E-state index is 5.78. The number of aryl methyl sites for hydroxylation is 1. The Morgan fingerprint density at radius 1 is 1.37 bits per heavy atom. The van der Waals surface area contributed by atoms with E-state index in [1.165, 1.54) is 54.9 Å². The summed E-state index contributed by atoms with van der Waals surface area (Å²) >= 11 is 1.95. The Morgan fingerprint density at radius 2 is 2.21 bits per heavy atom. The van der Waals surface area contributed by atoms with Gasteiger partial charge in [0.05, 0.1) is 6.10 Å². The summed E-state index contributed by atoms with van der Waals surface area (Å²) in [5.41, 5.74) is 0.458. The zero-order valence-corrected chi connectivity index (χ0v) is 13.0. The standard InChI is InChI=1S/C16H25NOS/c1-13-6-7-14(19-13)11-17-10-4-9-16(12-17)8-3-5-15(16)18-2/h6-7,15H,3-5,8-12H2,1-2H3/t15-,16-/m1/s1. The Labute approximate surface area is 120 Å². The molecule has 0 unspecified atom stereocenters. The molecule has 3 rings (SSSR count). The van der Waals surface area contributed by atoms with Crippen molar-refractivity contribution in [2.75, 3.05) is 20.2 Å². The highest BCUT2D eigenvalue weighted by Gasteiger charge is 2.45. The van der Waals surface area contributed by atoms with E-state index in [1.54, 1.807) is 0 Å². The lowest BCUT2D eigenvalue weighted by atomic mass is 9.76. The molecule has 0 amide bonds. The van der Waals surface area contributed by atoms with Crippen LogP contribution in [-0.4, -0.2) is 31.2 Å². The minimum Gasteiger partial charge on any atom is -0.381 e. The Hall–Kier alpha value is -0.380. The number of likely N-dealkylation sites (tertiary alicyclic amines) is 1. The molecule has 1 saturated carbocycles. The van der Waals surface area contributed by atoms with Gasteiger partial charge in [-0.05, 0) is 51.3 Å². The van der Waals surface area contributed by atoms with E-state index in [0.29, 0.717) is 11.5 Å². The van der Waals surface area contributed by atoms with E-state index in [-0.39, 0.29) is 0 Å². The highest BCUT2D eigenvalue weighted by Crippen LogP contribution is 2.46. The van der Waals surface area contributed by atoms with Gasteiger partial charge in [-0.3, -0.25) is 4.90 Å². The van der Waals surface area contributed by atoms with Gasteiger partial charge in [-0.15, -0.1) is 11.3 Å². The molecule has 19 heavy (non-hydrogen) atoms. The molecule has 0 aromatic carbocycles. The Morgan fingerprint density at radius 3 is 2.95 bits per heavy atom. The van der Waals surface area contributed by atoms with Crippen LogP contribution >= 0.6 is 11.3 Å². The monoisotopic (exact) mass is 279 g/mol. The molecule has 0 radical (unpaired) electrons. The van der Waals surface area contributed by atoms with Gasteiger partial charge in [0, 0.05) is 35.4 Å². The molecular formula is C16H25NOS. The zero-order chi connectivity index (χ0) is 13.3. The molecule has 2 aliphatic rings. The van der Waals surface area contributed by atoms with Gasteiger partial charge >= 0.3 is 0 Å². The van der Waals surface area contributed by atoms with Crippen molar-refractivity contribution in [1.29, 1.82) is 0 Å². The third-order valence-corrected chi connectivity index (χ3v) is 5.96. The van der Waals surface area contributed by atoms with Gasteiger partial charge in [-0.2, -0.15) is 0 Å². The summed E-state index contributed by atoms with van der Waals surface area (Å²) in [5.74, 6) is 0. The minimum absolute atomic E-state index is 0.458. The predicted molar refractivity (Wildman–Crippen MR) is 80.6 cm³/mol. The smallest absolute Gasteiger partial charge is 0.0639 e. The van der Waals surface area contributed by atoms with Crippen LogP contribution in [0.5, 0.6) is 0 Å². The SMILES string of the molecule is CO[C@@H]1CCC[C@]12CCCN(Cc1ccc(C)s1)C2. The molecule has 2 fully saturated rings. The summed E-state index contributed by atoms with van der Waals surface area (Å²) < 4.78 is 5.78. The van der Waals surface area contributed by atoms with Crippen molar-refractivity contribution in [3.8, 4) is 0 Å². The lowest BCUT2D eigenvalue weighted by Crippen LogP contribution is -2.47. The molecule has 1 aliphatic heterocycles. The second-order valence-corrected chi connectivity index (χ2v) is 7.68. The molecule has 0 N–H and O–H groups in total. The van der Waals surface area contributed by atoms with Crippen LogP contribution in [0, 0.1) is 12.3 Å². The van der Waals surface area contributed by atoms with Crippen molar-refractivity contribution in [1.82, 2.24) is 4.90 Å². The van der Waals surface area contributed by atoms with Crippen LogP contribution in [0.1, 0.15) is 41.9 Å². The second kappa shape index (κ2) is 5.55. The lowest BCUT2D eigenvalue weighted by molar-refractivity contribution is -0.0364. The molecule has 1 aliphatic carbocycles. The quantitative estimate of drug-likeness (QED) is 0.833. The van der Waals surface area contributed by atoms with Crippen LogP contribution in [0.15, 0.2) is 12.1 Å². The Balaban J connectivity index is 1.67. The topological polar surface area (TPSA) is 12.5 Å². The van der Waals surface area contributed by atoms with Gasteiger partial charge in [0.2, 0.25) is 0 Å². The van der Waals surface area contributed by atoms with Crippen molar-refractivity contribution in [3.05, 3.63) is 21.9 Å². The molecule has 2 atom stereocenters. The van der Waals surface area contributed by atoms with E-state index in [0.717, 1.165) is 6.54 Å². The lowest BCUT2D eigenvalue weighted by Gasteiger charge is -2.43. The predicted octanol–water partition coefficient (Wildman–Crippen LogP) is 3.84. The van der Waals surface area contributed by atoms with Gasteiger partial charge in [0.15, 0.2) is 0 Å². The molecular weight excluding hydrogens is 254 g/mol. The first kappa shape index (κ1) is 13.6. The number of rotatable bonds is 3. The van der Waals surface area contributed by atoms with Crippen molar-refractivity contribution < 1.29 is 4.74 Å². The van der Waals surface area contributed by atoms with Gasteiger partial charge in [0.1, 0.15) is 0 Å². The van der Waals surface area contributed by atoms with Crippen LogP contribution in [-0.2, 0) is 11.3 Å². The molecule has 1 aromatic rings. The number of ether oxygens (including phenoxy) is 1. The number of hydrogen-bond acceptors (Lipinski definition) is 3. The Kier molecular flexibility index (Phi) is 3.97. The van der Waals surface area contributed by atoms with Gasteiger partial charge in [-0.1, -0.05) is 6.42 Å². The van der Waals surface area contributed by atoms with Crippen molar-refractivity contribution >= 4 is 11.3 Å². The Bertz CT molecular complexity index is 430. The van der Waals surface area contributed by atoms with Crippen LogP contribution < -0.4 is 0 Å². The molecule has 1 spiro atoms. The average molecular weight is 279 g/mol. The number of methoxy groups -OCH3 is 1. The summed E-state index contributed by atoms with van der Waals surface area (Å²) in [7, 11) is 1.90. The van der Waals surface area contributed by atoms with E-state index in [2.05, 4.69) is 24.0 Å². The summed E-state index contributed by atoms with van der Waals surface area (Å²) in [4.78, 5) is 5.60. The fourth-order valence-corrected chi connectivity index (χ4v) is 5.06. The van der Waals surface area contributed by atoms with E-state index < -0.39 is 0 Å². The van der Waals surface area contributed by atoms with Crippen LogP contribution in [0.3, 0.4) is 0 Å². The molecule has 1 aromatic heterocycles. The van der Waals surface area contributed by atoms with Crippen molar-refractivity contribution in [2.24, 2.45) is 5.41 Å². The van der Waals surface area contributed by atoms with E-state index in [1.807, 2.05) is 18.4 Å². The molecule has 2 heterocycles. The molecule has 106 valence electrons. The third-order valence-electron chi connectivity index (χ3n) is 4.97. The van der Waals surface area contributed by atoms with E-state index in [4.69, 9.17) is 4.74 Å². The number of nitrogens with zero attached hydrogens (tertiary/aromatic N) is 1. The molecule has 2 nitrogen and oxygen atoms in total. The summed E-state index contributed by atoms with van der Waals surface area (Å²) in [6.07, 6.45) is 7.19. The molecule has 3 heteroatoms. The van der Waals surface area contributed by atoms with Crippen molar-refractivity contribution in [3.63, 3.8) is 0 Å². The third kappa shape index (κ3) is 2.74. The molecule has 0 bridgehead atoms. The highest BCUT2D eigenvalue weighted by atomic mass is 32.1. The van der Waals surface area contributed by atoms with Crippen LogP contribution in [0.2, 0.25) is 0 Å². The number of hydrogen-bond donors (Lipinski definition) is 0. The first-order chi connectivity index (χ1) is 9.22. The maximum Gasteiger partial charge on any atom is 0.0639 e. The van der Waals surface area contributed by atoms with Gasteiger partial charge in [-0.25, -0.2) is 0 Å². The highest BCUT2D eigenvalue weighted by molar-refractivity contribution is 7.11. The average Bonchev–Trinajstić information content (AvgIpc) is 2.96. The van der Waals surface area contributed by atoms with E-state index >= 15 is 0 Å². The molecule has 1 saturated heterocycles. The first-order valence-electron chi connectivity index (χ1n) is 7.52. The first-order valence-corrected chi connectivity index (χ1v) is 8.34. The van der Waals surface area contributed by atoms with Crippen LogP contribution in [0.25, 0.3) is 0 Å². The minimum atomic E-state index is 0.458. The summed E-state index contributed by atoms with van der Waals surface area (Å²) in [5, 5.41) is 0. The van der Waals surface area contributed by atoms with Gasteiger partial charge in [0.25, 0.3) is 0 Å². The number of piperidine rings is 1. The van der Waals surface area contributed by atoms with E-state index in [9.17, 15) is 0 Å². The fraction of sp³-hybridized carbons (Fsp3) is 0.750. The number of thiophene rings is 1. The largest absolute Gasteiger partial charge is 0.381 e. The zero-order valence-electron chi connectivity index (χ0n) is 12.2. The summed E-state index contributed by atoms with van der Waals surface area (Å²) in [6, 6.07) is 4.54. The summed E-state index contributed by atoms with van der Waals surface area (Å²) in [6.45, 7) is 5.83. The van der Waals surface area contributed by atoms with Crippen LogP contribution in [0.4, 0.5) is 0 Å². The fourth-order valence-electron chi connectivity index (χ4n) is 4.13. The van der Waals surface area contributed by atoms with Crippen molar-refractivity contribution in [2.45, 2.75) is 51.7 Å². The second-order valence-electron chi connectivity index (χ2n) is 6.31. The normalized spacial score (nSPS) is 32.2. The van der Waals surface area contributed by atoms with Gasteiger partial charge < -0.3 is 4.74 Å². The maximum absolute atomic E-state index is 5.78.